The van der Waals surface area contributed by atoms with Crippen LogP contribution >= 0.6 is 34.4 Å². The fraction of sp³-hybridized carbons (Fsp3) is 0.194. The number of nitrogens with one attached hydrogen (secondary N) is 1. The van der Waals surface area contributed by atoms with E-state index in [1.807, 2.05) is 64.7 Å². The van der Waals surface area contributed by atoms with Gasteiger partial charge in [-0.05, 0) is 71.8 Å². The Morgan fingerprint density at radius 1 is 1.02 bits per heavy atom. The van der Waals surface area contributed by atoms with Crippen molar-refractivity contribution < 1.29 is 18.7 Å². The summed E-state index contributed by atoms with van der Waals surface area (Å²) < 4.78 is 21.1. The van der Waals surface area contributed by atoms with Crippen LogP contribution in [0.25, 0.3) is 5.69 Å². The maximum atomic E-state index is 13.7. The number of hydrazone groups is 1. The van der Waals surface area contributed by atoms with E-state index in [-0.39, 0.29) is 36.0 Å². The minimum absolute atomic E-state index is 0.0373. The van der Waals surface area contributed by atoms with Gasteiger partial charge >= 0.3 is 0 Å². The molecule has 1 N–H and O–H groups in total. The van der Waals surface area contributed by atoms with Crippen LogP contribution in [-0.2, 0) is 11.3 Å². The second-order valence-corrected chi connectivity index (χ2v) is 12.5. The zero-order valence-corrected chi connectivity index (χ0v) is 26.0. The second-order valence-electron chi connectivity index (χ2n) is 9.64. The third-order valence-corrected chi connectivity index (χ3v) is 9.51. The molecule has 0 bridgehead atoms. The lowest BCUT2D eigenvalue weighted by Crippen LogP contribution is -2.28. The first-order valence-electron chi connectivity index (χ1n) is 13.8. The van der Waals surface area contributed by atoms with Gasteiger partial charge in [-0.25, -0.2) is 9.40 Å². The molecule has 1 aliphatic heterocycles. The Balaban J connectivity index is 1.24. The highest BCUT2D eigenvalue weighted by molar-refractivity contribution is 7.99. The zero-order chi connectivity index (χ0) is 30.5. The Hall–Kier alpha value is -4.33. The van der Waals surface area contributed by atoms with Crippen LogP contribution in [0, 0.1) is 5.82 Å². The molecule has 0 spiro atoms. The summed E-state index contributed by atoms with van der Waals surface area (Å²) in [5.74, 6) is 0.514. The van der Waals surface area contributed by atoms with E-state index in [9.17, 15) is 14.0 Å². The number of carbonyl (C=O) groups is 2. The summed E-state index contributed by atoms with van der Waals surface area (Å²) in [6, 6.07) is 20.8. The first-order valence-corrected chi connectivity index (χ1v) is 16.6. The second kappa shape index (κ2) is 13.5. The smallest absolute Gasteiger partial charge is 0.261 e. The molecule has 224 valence electrons. The number of nitrogens with zero attached hydrogens (tertiary/aromatic N) is 5. The summed E-state index contributed by atoms with van der Waals surface area (Å²) >= 11 is 4.15. The third kappa shape index (κ3) is 6.59. The van der Waals surface area contributed by atoms with Gasteiger partial charge in [0.05, 0.1) is 40.4 Å². The SMILES string of the molecule is CCOc1ccc(-n2c(CNC(=O)c3cccs3)nnc2SCC(=O)N2N=C(c3cccs3)CC2c2ccc(F)cc2)cc1. The number of benzene rings is 2. The first-order chi connectivity index (χ1) is 21.5. The maximum Gasteiger partial charge on any atom is 0.261 e. The summed E-state index contributed by atoms with van der Waals surface area (Å²) in [5.41, 5.74) is 2.38. The van der Waals surface area contributed by atoms with E-state index in [1.54, 1.807) is 29.5 Å². The number of carbonyl (C=O) groups excluding carboxylic acids is 2. The van der Waals surface area contributed by atoms with Gasteiger partial charge in [-0.1, -0.05) is 36.0 Å². The number of hydrogen-bond acceptors (Lipinski definition) is 9. The van der Waals surface area contributed by atoms with Crippen LogP contribution < -0.4 is 10.1 Å². The molecule has 0 fully saturated rings. The van der Waals surface area contributed by atoms with Gasteiger partial charge in [0.1, 0.15) is 11.6 Å². The van der Waals surface area contributed by atoms with E-state index in [1.165, 1.54) is 40.2 Å². The van der Waals surface area contributed by atoms with Gasteiger partial charge < -0.3 is 10.1 Å². The first kappa shape index (κ1) is 29.7. The summed E-state index contributed by atoms with van der Waals surface area (Å²) in [6.07, 6.45) is 0.527. The van der Waals surface area contributed by atoms with Crippen LogP contribution in [0.2, 0.25) is 0 Å². The summed E-state index contributed by atoms with van der Waals surface area (Å²) in [5, 5.41) is 22.2. The molecule has 13 heteroatoms. The van der Waals surface area contributed by atoms with Crippen LogP contribution in [0.5, 0.6) is 5.75 Å². The highest BCUT2D eigenvalue weighted by Crippen LogP contribution is 2.35. The van der Waals surface area contributed by atoms with Crippen LogP contribution in [-0.4, -0.2) is 49.7 Å². The molecule has 1 unspecified atom stereocenters. The lowest BCUT2D eigenvalue weighted by Gasteiger charge is -2.22. The molecule has 0 saturated heterocycles. The molecule has 6 rings (SSSR count). The van der Waals surface area contributed by atoms with Crippen molar-refractivity contribution in [3.63, 3.8) is 0 Å². The van der Waals surface area contributed by atoms with Gasteiger partial charge in [0, 0.05) is 12.1 Å². The Morgan fingerprint density at radius 2 is 1.80 bits per heavy atom. The number of thioether (sulfide) groups is 1. The van der Waals surface area contributed by atoms with E-state index in [0.717, 1.165) is 27.6 Å². The molecule has 2 amide bonds. The molecule has 5 aromatic rings. The van der Waals surface area contributed by atoms with Gasteiger partial charge in [0.15, 0.2) is 11.0 Å². The lowest BCUT2D eigenvalue weighted by atomic mass is 10.0. The number of rotatable bonds is 11. The van der Waals surface area contributed by atoms with Gasteiger partial charge in [0.25, 0.3) is 11.8 Å². The van der Waals surface area contributed by atoms with Gasteiger partial charge in [-0.2, -0.15) is 5.10 Å². The minimum atomic E-state index is -0.354. The summed E-state index contributed by atoms with van der Waals surface area (Å²) in [4.78, 5) is 27.9. The number of aromatic nitrogens is 3. The number of thiophene rings is 2. The molecular formula is C31H27FN6O3S3. The Kier molecular flexibility index (Phi) is 9.15. The molecule has 4 heterocycles. The standard InChI is InChI=1S/C31H27FN6O3S3/c1-2-41-23-13-11-22(12-14-23)37-28(18-33-30(40)27-6-4-16-43-27)34-35-31(37)44-19-29(39)38-25(20-7-9-21(32)10-8-20)17-24(36-38)26-5-3-15-42-26/h3-16,25H,2,17-19H2,1H3,(H,33,40). The van der Waals surface area contributed by atoms with E-state index < -0.39 is 0 Å². The summed E-state index contributed by atoms with van der Waals surface area (Å²) in [6.45, 7) is 2.60. The lowest BCUT2D eigenvalue weighted by molar-refractivity contribution is -0.130. The summed E-state index contributed by atoms with van der Waals surface area (Å²) in [7, 11) is 0. The molecule has 9 nitrogen and oxygen atoms in total. The molecule has 3 aromatic heterocycles. The molecule has 1 atom stereocenters. The van der Waals surface area contributed by atoms with Gasteiger partial charge in [0.2, 0.25) is 0 Å². The van der Waals surface area contributed by atoms with Crippen LogP contribution in [0.1, 0.15) is 45.3 Å². The quantitative estimate of drug-likeness (QED) is 0.168. The average Bonchev–Trinajstić information content (AvgIpc) is 3.86. The third-order valence-electron chi connectivity index (χ3n) is 6.81. The van der Waals surface area contributed by atoms with Crippen molar-refractivity contribution in [2.24, 2.45) is 5.10 Å². The maximum absolute atomic E-state index is 13.7. The fourth-order valence-electron chi connectivity index (χ4n) is 4.75. The minimum Gasteiger partial charge on any atom is -0.494 e. The number of amides is 2. The fourth-order valence-corrected chi connectivity index (χ4v) is 6.93. The monoisotopic (exact) mass is 646 g/mol. The predicted molar refractivity (Wildman–Crippen MR) is 170 cm³/mol. The molecule has 0 radical (unpaired) electrons. The van der Waals surface area contributed by atoms with Crippen molar-refractivity contribution in [3.05, 3.63) is 111 Å². The van der Waals surface area contributed by atoms with E-state index in [0.29, 0.717) is 28.9 Å². The van der Waals surface area contributed by atoms with Crippen LogP contribution in [0.15, 0.2) is 93.8 Å². The topological polar surface area (TPSA) is 102 Å². The average molecular weight is 647 g/mol. The van der Waals surface area contributed by atoms with Crippen molar-refractivity contribution in [2.45, 2.75) is 31.1 Å². The predicted octanol–water partition coefficient (Wildman–Crippen LogP) is 6.33. The number of ether oxygens (including phenoxy) is 1. The molecule has 0 aliphatic carbocycles. The largest absolute Gasteiger partial charge is 0.494 e. The van der Waals surface area contributed by atoms with Crippen molar-refractivity contribution in [1.82, 2.24) is 25.1 Å². The van der Waals surface area contributed by atoms with Crippen LogP contribution in [0.4, 0.5) is 4.39 Å². The Labute approximate surface area is 265 Å². The van der Waals surface area contributed by atoms with Crippen molar-refractivity contribution >= 4 is 52.0 Å². The molecule has 2 aromatic carbocycles. The Bertz CT molecular complexity index is 1750. The van der Waals surface area contributed by atoms with Crippen molar-refractivity contribution in [2.75, 3.05) is 12.4 Å². The molecule has 0 saturated carbocycles. The molecular weight excluding hydrogens is 620 g/mol. The van der Waals surface area contributed by atoms with E-state index in [4.69, 9.17) is 9.84 Å². The normalized spacial score (nSPS) is 14.5. The Morgan fingerprint density at radius 3 is 2.50 bits per heavy atom. The van der Waals surface area contributed by atoms with Gasteiger partial charge in [-0.15, -0.1) is 32.9 Å². The number of halogens is 1. The highest BCUT2D eigenvalue weighted by Gasteiger charge is 2.33. The zero-order valence-electron chi connectivity index (χ0n) is 23.6. The van der Waals surface area contributed by atoms with Crippen molar-refractivity contribution in [3.8, 4) is 11.4 Å². The molecule has 1 aliphatic rings. The number of hydrogen-bond donors (Lipinski definition) is 1. The highest BCUT2D eigenvalue weighted by atomic mass is 32.2. The van der Waals surface area contributed by atoms with Gasteiger partial charge in [-0.3, -0.25) is 14.2 Å². The molecule has 44 heavy (non-hydrogen) atoms. The van der Waals surface area contributed by atoms with E-state index >= 15 is 0 Å². The van der Waals surface area contributed by atoms with Crippen molar-refractivity contribution in [1.29, 1.82) is 0 Å². The van der Waals surface area contributed by atoms with Crippen LogP contribution in [0.3, 0.4) is 0 Å². The van der Waals surface area contributed by atoms with E-state index in [2.05, 4.69) is 15.5 Å².